The third-order valence-electron chi connectivity index (χ3n) is 2.82. The minimum absolute atomic E-state index is 0.0150. The number of halogens is 2. The minimum atomic E-state index is -2.58. The van der Waals surface area contributed by atoms with Gasteiger partial charge in [-0.1, -0.05) is 0 Å². The Kier molecular flexibility index (Phi) is 3.90. The summed E-state index contributed by atoms with van der Waals surface area (Å²) in [7, 11) is 0. The van der Waals surface area contributed by atoms with Crippen molar-refractivity contribution in [2.75, 3.05) is 24.6 Å². The second kappa shape index (κ2) is 5.43. The SMILES string of the molecule is O=c1c(N(CCO)CC(F)F)nccn1C1CC1. The van der Waals surface area contributed by atoms with Crippen LogP contribution in [0.25, 0.3) is 0 Å². The zero-order valence-corrected chi connectivity index (χ0v) is 9.80. The van der Waals surface area contributed by atoms with E-state index in [2.05, 4.69) is 4.98 Å². The van der Waals surface area contributed by atoms with Gasteiger partial charge in [-0.2, -0.15) is 0 Å². The topological polar surface area (TPSA) is 58.4 Å². The second-order valence-corrected chi connectivity index (χ2v) is 4.26. The largest absolute Gasteiger partial charge is 0.395 e. The predicted octanol–water partition coefficient (Wildman–Crippen LogP) is 0.642. The highest BCUT2D eigenvalue weighted by molar-refractivity contribution is 5.36. The molecule has 0 bridgehead atoms. The number of aliphatic hydroxyl groups is 1. The van der Waals surface area contributed by atoms with Gasteiger partial charge in [0, 0.05) is 25.0 Å². The van der Waals surface area contributed by atoms with Crippen LogP contribution in [0.1, 0.15) is 18.9 Å². The Morgan fingerprint density at radius 2 is 2.28 bits per heavy atom. The summed E-state index contributed by atoms with van der Waals surface area (Å²) in [6, 6.07) is 0.168. The van der Waals surface area contributed by atoms with Crippen molar-refractivity contribution >= 4 is 5.82 Å². The molecule has 1 aromatic rings. The van der Waals surface area contributed by atoms with Gasteiger partial charge in [0.25, 0.3) is 12.0 Å². The molecule has 2 rings (SSSR count). The highest BCUT2D eigenvalue weighted by Gasteiger charge is 2.26. The highest BCUT2D eigenvalue weighted by atomic mass is 19.3. The Bertz CT molecular complexity index is 460. The summed E-state index contributed by atoms with van der Waals surface area (Å²) in [5.41, 5.74) is -0.367. The average molecular weight is 259 g/mol. The van der Waals surface area contributed by atoms with E-state index < -0.39 is 13.0 Å². The standard InChI is InChI=1S/C11H15F2N3O2/c12-9(13)7-15(5-6-17)10-11(18)16(4-3-14-10)8-1-2-8/h3-4,8-9,17H,1-2,5-7H2. The lowest BCUT2D eigenvalue weighted by molar-refractivity contribution is 0.152. The molecule has 1 N–H and O–H groups in total. The third-order valence-corrected chi connectivity index (χ3v) is 2.82. The summed E-state index contributed by atoms with van der Waals surface area (Å²) >= 11 is 0. The molecule has 0 saturated heterocycles. The lowest BCUT2D eigenvalue weighted by Crippen LogP contribution is -2.38. The first-order valence-corrected chi connectivity index (χ1v) is 5.84. The van der Waals surface area contributed by atoms with Crippen LogP contribution in [0.2, 0.25) is 0 Å². The van der Waals surface area contributed by atoms with Crippen LogP contribution in [0.3, 0.4) is 0 Å². The van der Waals surface area contributed by atoms with Crippen molar-refractivity contribution in [2.45, 2.75) is 25.3 Å². The summed E-state index contributed by atoms with van der Waals surface area (Å²) in [5.74, 6) is -0.0150. The maximum Gasteiger partial charge on any atom is 0.293 e. The van der Waals surface area contributed by atoms with E-state index in [1.54, 1.807) is 6.20 Å². The molecule has 0 aromatic carbocycles. The van der Waals surface area contributed by atoms with Crippen molar-refractivity contribution in [3.8, 4) is 0 Å². The molecule has 100 valence electrons. The molecule has 1 aliphatic carbocycles. The number of alkyl halides is 2. The number of aliphatic hydroxyl groups excluding tert-OH is 1. The molecule has 5 nitrogen and oxygen atoms in total. The van der Waals surface area contributed by atoms with E-state index in [0.717, 1.165) is 17.7 Å². The van der Waals surface area contributed by atoms with E-state index >= 15 is 0 Å². The van der Waals surface area contributed by atoms with Gasteiger partial charge in [0.2, 0.25) is 0 Å². The van der Waals surface area contributed by atoms with Crippen molar-refractivity contribution in [1.29, 1.82) is 0 Å². The molecule has 1 aliphatic rings. The molecular formula is C11H15F2N3O2. The van der Waals surface area contributed by atoms with Crippen LogP contribution in [-0.2, 0) is 0 Å². The Morgan fingerprint density at radius 1 is 1.56 bits per heavy atom. The van der Waals surface area contributed by atoms with E-state index in [0.29, 0.717) is 0 Å². The number of aromatic nitrogens is 2. The Balaban J connectivity index is 2.28. The lowest BCUT2D eigenvalue weighted by atomic mass is 10.4. The van der Waals surface area contributed by atoms with Gasteiger partial charge in [0.15, 0.2) is 5.82 Å². The molecule has 1 saturated carbocycles. The van der Waals surface area contributed by atoms with Crippen LogP contribution in [0.15, 0.2) is 17.2 Å². The lowest BCUT2D eigenvalue weighted by Gasteiger charge is -2.22. The van der Waals surface area contributed by atoms with Crippen molar-refractivity contribution < 1.29 is 13.9 Å². The molecule has 0 spiro atoms. The van der Waals surface area contributed by atoms with E-state index in [-0.39, 0.29) is 30.6 Å². The van der Waals surface area contributed by atoms with Gasteiger partial charge < -0.3 is 14.6 Å². The molecular weight excluding hydrogens is 244 g/mol. The van der Waals surface area contributed by atoms with Crippen molar-refractivity contribution in [3.63, 3.8) is 0 Å². The molecule has 1 heterocycles. The van der Waals surface area contributed by atoms with Crippen molar-refractivity contribution in [3.05, 3.63) is 22.7 Å². The summed E-state index contributed by atoms with van der Waals surface area (Å²) in [6.07, 6.45) is 2.29. The van der Waals surface area contributed by atoms with Gasteiger partial charge in [-0.3, -0.25) is 4.79 Å². The summed E-state index contributed by atoms with van der Waals surface area (Å²) in [6.45, 7) is -0.926. The van der Waals surface area contributed by atoms with Gasteiger partial charge in [-0.05, 0) is 12.8 Å². The summed E-state index contributed by atoms with van der Waals surface area (Å²) in [4.78, 5) is 17.1. The summed E-state index contributed by atoms with van der Waals surface area (Å²) < 4.78 is 26.4. The molecule has 0 atom stereocenters. The fourth-order valence-corrected chi connectivity index (χ4v) is 1.84. The van der Waals surface area contributed by atoms with E-state index in [1.807, 2.05) is 0 Å². The highest BCUT2D eigenvalue weighted by Crippen LogP contribution is 2.33. The average Bonchev–Trinajstić information content (AvgIpc) is 3.12. The van der Waals surface area contributed by atoms with Crippen LogP contribution >= 0.6 is 0 Å². The molecule has 7 heteroatoms. The van der Waals surface area contributed by atoms with E-state index in [1.165, 1.54) is 10.8 Å². The number of hydrogen-bond donors (Lipinski definition) is 1. The van der Waals surface area contributed by atoms with Crippen molar-refractivity contribution in [2.24, 2.45) is 0 Å². The molecule has 0 aliphatic heterocycles. The smallest absolute Gasteiger partial charge is 0.293 e. The van der Waals surface area contributed by atoms with Gasteiger partial charge in [0.1, 0.15) is 0 Å². The first-order chi connectivity index (χ1) is 8.63. The zero-order chi connectivity index (χ0) is 13.1. The molecule has 0 radical (unpaired) electrons. The normalized spacial score (nSPS) is 15.1. The first kappa shape index (κ1) is 12.9. The maximum atomic E-state index is 12.4. The van der Waals surface area contributed by atoms with Crippen LogP contribution in [-0.4, -0.2) is 40.8 Å². The monoisotopic (exact) mass is 259 g/mol. The molecule has 1 fully saturated rings. The number of anilines is 1. The quantitative estimate of drug-likeness (QED) is 0.814. The van der Waals surface area contributed by atoms with Gasteiger partial charge in [0.05, 0.1) is 13.2 Å². The molecule has 0 amide bonds. The third kappa shape index (κ3) is 2.84. The Morgan fingerprint density at radius 3 is 2.83 bits per heavy atom. The molecule has 0 unspecified atom stereocenters. The van der Waals surface area contributed by atoms with E-state index in [4.69, 9.17) is 5.11 Å². The fraction of sp³-hybridized carbons (Fsp3) is 0.636. The number of hydrogen-bond acceptors (Lipinski definition) is 4. The van der Waals surface area contributed by atoms with Crippen LogP contribution in [0, 0.1) is 0 Å². The number of nitrogens with zero attached hydrogens (tertiary/aromatic N) is 3. The van der Waals surface area contributed by atoms with Gasteiger partial charge >= 0.3 is 0 Å². The minimum Gasteiger partial charge on any atom is -0.395 e. The van der Waals surface area contributed by atoms with Crippen LogP contribution in [0.5, 0.6) is 0 Å². The Hall–Kier alpha value is -1.50. The van der Waals surface area contributed by atoms with Gasteiger partial charge in [-0.15, -0.1) is 0 Å². The Labute approximate surface area is 103 Å². The first-order valence-electron chi connectivity index (χ1n) is 5.84. The summed E-state index contributed by atoms with van der Waals surface area (Å²) in [5, 5.41) is 8.87. The van der Waals surface area contributed by atoms with Gasteiger partial charge in [-0.25, -0.2) is 13.8 Å². The van der Waals surface area contributed by atoms with Crippen LogP contribution < -0.4 is 10.5 Å². The number of rotatable bonds is 6. The van der Waals surface area contributed by atoms with Crippen molar-refractivity contribution in [1.82, 2.24) is 9.55 Å². The second-order valence-electron chi connectivity index (χ2n) is 4.26. The fourth-order valence-electron chi connectivity index (χ4n) is 1.84. The maximum absolute atomic E-state index is 12.4. The van der Waals surface area contributed by atoms with E-state index in [9.17, 15) is 13.6 Å². The van der Waals surface area contributed by atoms with Crippen LogP contribution in [0.4, 0.5) is 14.6 Å². The zero-order valence-electron chi connectivity index (χ0n) is 9.80. The predicted molar refractivity (Wildman–Crippen MR) is 62.1 cm³/mol. The molecule has 1 aromatic heterocycles. The molecule has 18 heavy (non-hydrogen) atoms.